The first-order chi connectivity index (χ1) is 23.3. The van der Waals surface area contributed by atoms with E-state index in [-0.39, 0.29) is 27.2 Å². The third-order valence-electron chi connectivity index (χ3n) is 9.71. The first kappa shape index (κ1) is 41.8. The molecular formula is C43H57NO3S2. The molecule has 0 aliphatic rings. The lowest BCUT2D eigenvalue weighted by molar-refractivity contribution is -0.141. The third-order valence-corrected chi connectivity index (χ3v) is 12.5. The van der Waals surface area contributed by atoms with Gasteiger partial charge in [-0.1, -0.05) is 149 Å². The lowest BCUT2D eigenvalue weighted by atomic mass is 9.84. The second-order valence-corrected chi connectivity index (χ2v) is 16.3. The second-order valence-electron chi connectivity index (χ2n) is 13.4. The topological polar surface area (TPSA) is 80.4 Å². The van der Waals surface area contributed by atoms with Crippen LogP contribution in [0.2, 0.25) is 0 Å². The van der Waals surface area contributed by atoms with Crippen LogP contribution < -0.4 is 5.73 Å². The van der Waals surface area contributed by atoms with Crippen molar-refractivity contribution < 1.29 is 14.7 Å². The molecule has 4 rings (SSSR count). The highest BCUT2D eigenvalue weighted by Gasteiger charge is 2.31. The van der Waals surface area contributed by atoms with Gasteiger partial charge in [0.25, 0.3) is 0 Å². The predicted molar refractivity (Wildman–Crippen MR) is 214 cm³/mol. The molecule has 4 aromatic rings. The van der Waals surface area contributed by atoms with Crippen molar-refractivity contribution in [3.8, 4) is 0 Å². The Labute approximate surface area is 304 Å². The summed E-state index contributed by atoms with van der Waals surface area (Å²) in [5.41, 5.74) is 11.0. The Kier molecular flexibility index (Phi) is 18.0. The summed E-state index contributed by atoms with van der Waals surface area (Å²) in [6.45, 7) is 12.6. The molecule has 264 valence electrons. The number of nitrogens with two attached hydrogens (primary N) is 1. The second kappa shape index (κ2) is 21.0. The monoisotopic (exact) mass is 699 g/mol. The van der Waals surface area contributed by atoms with Gasteiger partial charge in [-0.25, -0.2) is 0 Å². The molecule has 0 bridgehead atoms. The van der Waals surface area contributed by atoms with E-state index < -0.39 is 5.97 Å². The highest BCUT2D eigenvalue weighted by molar-refractivity contribution is 8.00. The number of hydrogen-bond donors (Lipinski definition) is 2. The summed E-state index contributed by atoms with van der Waals surface area (Å²) >= 11 is 3.35. The van der Waals surface area contributed by atoms with E-state index in [9.17, 15) is 9.59 Å². The fourth-order valence-electron chi connectivity index (χ4n) is 5.27. The Morgan fingerprint density at radius 2 is 0.898 bits per heavy atom. The number of thioether (sulfide) groups is 2. The van der Waals surface area contributed by atoms with Gasteiger partial charge >= 0.3 is 5.97 Å². The van der Waals surface area contributed by atoms with Crippen LogP contribution in [0.4, 0.5) is 0 Å². The van der Waals surface area contributed by atoms with Crippen LogP contribution in [0.5, 0.6) is 0 Å². The van der Waals surface area contributed by atoms with Crippen molar-refractivity contribution in [3.05, 3.63) is 144 Å². The van der Waals surface area contributed by atoms with Crippen molar-refractivity contribution in [2.45, 2.75) is 75.7 Å². The zero-order valence-electron chi connectivity index (χ0n) is 30.6. The molecule has 0 amide bonds. The molecule has 0 heterocycles. The molecule has 4 nitrogen and oxygen atoms in total. The van der Waals surface area contributed by atoms with E-state index in [1.807, 2.05) is 44.4 Å². The lowest BCUT2D eigenvalue weighted by Gasteiger charge is -2.29. The minimum absolute atomic E-state index is 0.00786. The fraction of sp³-hybridized carbons (Fsp3) is 0.395. The summed E-state index contributed by atoms with van der Waals surface area (Å²) < 4.78 is -0.169. The predicted octanol–water partition coefficient (Wildman–Crippen LogP) is 10.6. The quantitative estimate of drug-likeness (QED) is 0.136. The smallest absolute Gasteiger partial charge is 0.307 e. The standard InChI is InChI=1S/C22H28OS.C14H15N.C7H14O2S/c1-17(22(2,3)24-4)21(23)16-15-20(18-11-7-5-8-12-18)19-13-9-6-10-14-19;15-11-14(12-7-3-1-4-8-12)13-9-5-2-6-10-13;1-5(6(8)9)7(2,3)10-4/h5-14,17,20H,15-16H2,1-4H3;1-10,14H,11,15H2;5H,1-4H3,(H,8,9)/t17-;;5-/m1.1/s1. The van der Waals surface area contributed by atoms with Gasteiger partial charge in [0.15, 0.2) is 0 Å². The van der Waals surface area contributed by atoms with Crippen molar-refractivity contribution in [1.29, 1.82) is 0 Å². The summed E-state index contributed by atoms with van der Waals surface area (Å²) in [7, 11) is 0. The van der Waals surface area contributed by atoms with E-state index in [4.69, 9.17) is 10.8 Å². The molecule has 0 radical (unpaired) electrons. The van der Waals surface area contributed by atoms with E-state index in [0.717, 1.165) is 6.42 Å². The van der Waals surface area contributed by atoms with Gasteiger partial charge in [0.05, 0.1) is 5.92 Å². The zero-order chi connectivity index (χ0) is 36.5. The summed E-state index contributed by atoms with van der Waals surface area (Å²) in [6, 6.07) is 41.8. The summed E-state index contributed by atoms with van der Waals surface area (Å²) in [5, 5.41) is 8.64. The maximum Gasteiger partial charge on any atom is 0.307 e. The molecule has 49 heavy (non-hydrogen) atoms. The summed E-state index contributed by atoms with van der Waals surface area (Å²) in [4.78, 5) is 23.2. The number of carboxylic acid groups (broad SMARTS) is 1. The normalized spacial score (nSPS) is 12.6. The van der Waals surface area contributed by atoms with Crippen molar-refractivity contribution in [2.24, 2.45) is 17.6 Å². The Morgan fingerprint density at radius 3 is 1.16 bits per heavy atom. The molecule has 4 aromatic carbocycles. The number of Topliss-reactive ketones (excluding diaryl/α,β-unsaturated/α-hetero) is 1. The van der Waals surface area contributed by atoms with Gasteiger partial charge in [0, 0.05) is 40.2 Å². The zero-order valence-corrected chi connectivity index (χ0v) is 32.3. The highest BCUT2D eigenvalue weighted by atomic mass is 32.2. The Bertz CT molecular complexity index is 1420. The minimum atomic E-state index is -0.723. The Morgan fingerprint density at radius 1 is 0.592 bits per heavy atom. The third kappa shape index (κ3) is 13.5. The van der Waals surface area contributed by atoms with Crippen molar-refractivity contribution in [3.63, 3.8) is 0 Å². The summed E-state index contributed by atoms with van der Waals surface area (Å²) in [5.74, 6) is 0.0149. The number of aliphatic carboxylic acids is 1. The van der Waals surface area contributed by atoms with E-state index in [2.05, 4.69) is 124 Å². The van der Waals surface area contributed by atoms with Crippen LogP contribution in [-0.4, -0.2) is 45.4 Å². The van der Waals surface area contributed by atoms with Crippen LogP contribution in [0, 0.1) is 11.8 Å². The number of ketones is 1. The molecule has 6 heteroatoms. The molecular weight excluding hydrogens is 643 g/mol. The molecule has 2 atom stereocenters. The molecule has 0 saturated carbocycles. The average Bonchev–Trinajstić information content (AvgIpc) is 3.13. The molecule has 0 saturated heterocycles. The number of benzene rings is 4. The van der Waals surface area contributed by atoms with Gasteiger partial charge in [-0.05, 0) is 55.0 Å². The van der Waals surface area contributed by atoms with Gasteiger partial charge in [-0.2, -0.15) is 23.5 Å². The minimum Gasteiger partial charge on any atom is -0.481 e. The summed E-state index contributed by atoms with van der Waals surface area (Å²) in [6.07, 6.45) is 5.50. The van der Waals surface area contributed by atoms with Crippen molar-refractivity contribution >= 4 is 35.3 Å². The van der Waals surface area contributed by atoms with Crippen LogP contribution in [0.15, 0.2) is 121 Å². The van der Waals surface area contributed by atoms with Gasteiger partial charge in [0.2, 0.25) is 0 Å². The number of carbonyl (C=O) groups is 2. The largest absolute Gasteiger partial charge is 0.481 e. The first-order valence-electron chi connectivity index (χ1n) is 17.0. The molecule has 3 N–H and O–H groups in total. The maximum atomic E-state index is 12.7. The van der Waals surface area contributed by atoms with Gasteiger partial charge < -0.3 is 10.8 Å². The number of carbonyl (C=O) groups excluding carboxylic acids is 1. The van der Waals surface area contributed by atoms with Gasteiger partial charge in [-0.3, -0.25) is 9.59 Å². The first-order valence-corrected chi connectivity index (χ1v) is 19.5. The van der Waals surface area contributed by atoms with Crippen LogP contribution >= 0.6 is 23.5 Å². The fourth-order valence-corrected chi connectivity index (χ4v) is 6.21. The molecule has 0 fully saturated rings. The van der Waals surface area contributed by atoms with Crippen molar-refractivity contribution in [1.82, 2.24) is 0 Å². The lowest BCUT2D eigenvalue weighted by Crippen LogP contribution is -2.31. The Balaban J connectivity index is 0.000000284. The van der Waals surface area contributed by atoms with E-state index in [1.54, 1.807) is 30.4 Å². The maximum absolute atomic E-state index is 12.7. The molecule has 0 aliphatic carbocycles. The molecule has 0 aliphatic heterocycles. The van der Waals surface area contributed by atoms with Gasteiger partial charge in [-0.15, -0.1) is 0 Å². The van der Waals surface area contributed by atoms with Crippen LogP contribution in [0.1, 0.15) is 88.5 Å². The highest BCUT2D eigenvalue weighted by Crippen LogP contribution is 2.34. The average molecular weight is 700 g/mol. The van der Waals surface area contributed by atoms with E-state index in [0.29, 0.717) is 24.7 Å². The molecule has 0 unspecified atom stereocenters. The number of carboxylic acids is 1. The van der Waals surface area contributed by atoms with Crippen LogP contribution in [0.3, 0.4) is 0 Å². The van der Waals surface area contributed by atoms with Gasteiger partial charge in [0.1, 0.15) is 5.78 Å². The Hall–Kier alpha value is -3.32. The molecule has 0 spiro atoms. The molecule has 0 aromatic heterocycles. The number of hydrogen-bond acceptors (Lipinski definition) is 5. The SMILES string of the molecule is CSC(C)(C)[C@H](C)C(=O)CCC(c1ccccc1)c1ccccc1.CSC(C)(C)[C@H](C)C(=O)O.NCC(c1ccccc1)c1ccccc1. The van der Waals surface area contributed by atoms with Crippen molar-refractivity contribution in [2.75, 3.05) is 19.1 Å². The van der Waals surface area contributed by atoms with E-state index in [1.165, 1.54) is 22.3 Å². The van der Waals surface area contributed by atoms with E-state index >= 15 is 0 Å². The van der Waals surface area contributed by atoms with Crippen LogP contribution in [0.25, 0.3) is 0 Å². The number of rotatable bonds is 14. The van der Waals surface area contributed by atoms with Crippen LogP contribution in [-0.2, 0) is 9.59 Å².